The van der Waals surface area contributed by atoms with Crippen LogP contribution in [0.2, 0.25) is 0 Å². The molecule has 1 fully saturated rings. The molecule has 1 amide bonds. The Kier molecular flexibility index (Phi) is 8.32. The monoisotopic (exact) mass is 515 g/mol. The summed E-state index contributed by atoms with van der Waals surface area (Å²) in [6.07, 6.45) is -3.03. The largest absolute Gasteiger partial charge is 0.493 e. The van der Waals surface area contributed by atoms with Crippen LogP contribution in [0.1, 0.15) is 37.8 Å². The molecule has 7 nitrogen and oxygen atoms in total. The van der Waals surface area contributed by atoms with Crippen LogP contribution in [0, 0.1) is 5.92 Å². The van der Waals surface area contributed by atoms with Crippen molar-refractivity contribution in [3.63, 3.8) is 0 Å². The third-order valence-corrected chi connectivity index (χ3v) is 6.73. The maximum Gasteiger partial charge on any atom is 0.416 e. The number of ether oxygens (including phenoxy) is 2. The van der Waals surface area contributed by atoms with Gasteiger partial charge in [-0.05, 0) is 48.7 Å². The van der Waals surface area contributed by atoms with Crippen molar-refractivity contribution in [3.05, 3.63) is 53.6 Å². The molecule has 1 aliphatic rings. The van der Waals surface area contributed by atoms with Gasteiger partial charge in [0.1, 0.15) is 4.90 Å². The van der Waals surface area contributed by atoms with Gasteiger partial charge in [0.25, 0.3) is 0 Å². The molecule has 1 saturated heterocycles. The van der Waals surface area contributed by atoms with Gasteiger partial charge in [0.15, 0.2) is 11.5 Å². The van der Waals surface area contributed by atoms with Gasteiger partial charge >= 0.3 is 16.3 Å². The van der Waals surface area contributed by atoms with Gasteiger partial charge < -0.3 is 18.6 Å². The van der Waals surface area contributed by atoms with E-state index in [1.807, 2.05) is 0 Å². The van der Waals surface area contributed by atoms with E-state index in [-0.39, 0.29) is 36.0 Å². The number of benzene rings is 2. The topological polar surface area (TPSA) is 82.1 Å². The average Bonchev–Trinajstić information content (AvgIpc) is 3.31. The minimum atomic E-state index is -4.71. The molecule has 1 heterocycles. The van der Waals surface area contributed by atoms with E-state index in [2.05, 4.69) is 0 Å². The highest BCUT2D eigenvalue weighted by Crippen LogP contribution is 2.34. The van der Waals surface area contributed by atoms with Crippen molar-refractivity contribution in [1.82, 2.24) is 4.90 Å². The van der Waals surface area contributed by atoms with Gasteiger partial charge in [0, 0.05) is 25.6 Å². The molecule has 0 aromatic heterocycles. The lowest BCUT2D eigenvalue weighted by atomic mass is 10.1. The molecule has 192 valence electrons. The van der Waals surface area contributed by atoms with Crippen LogP contribution < -0.4 is 8.92 Å². The van der Waals surface area contributed by atoms with Crippen molar-refractivity contribution >= 4 is 16.0 Å². The summed E-state index contributed by atoms with van der Waals surface area (Å²) < 4.78 is 80.8. The maximum atomic E-state index is 13.0. The van der Waals surface area contributed by atoms with Crippen molar-refractivity contribution in [2.75, 3.05) is 20.3 Å². The van der Waals surface area contributed by atoms with Crippen molar-refractivity contribution in [2.24, 2.45) is 5.92 Å². The van der Waals surface area contributed by atoms with Gasteiger partial charge in [-0.15, -0.1) is 0 Å². The van der Waals surface area contributed by atoms with Crippen LogP contribution in [0.25, 0.3) is 0 Å². The van der Waals surface area contributed by atoms with Gasteiger partial charge in [-0.25, -0.2) is 0 Å². The summed E-state index contributed by atoms with van der Waals surface area (Å²) in [5, 5.41) is 0. The lowest BCUT2D eigenvalue weighted by Gasteiger charge is -2.27. The molecule has 2 aromatic rings. The van der Waals surface area contributed by atoms with E-state index in [9.17, 15) is 26.4 Å². The second kappa shape index (κ2) is 10.9. The number of carbonyl (C=O) groups is 1. The number of halogens is 3. The lowest BCUT2D eigenvalue weighted by molar-refractivity contribution is -0.138. The zero-order chi connectivity index (χ0) is 25.8. The quantitative estimate of drug-likeness (QED) is 0.453. The first-order valence-electron chi connectivity index (χ1n) is 11.1. The molecule has 1 atom stereocenters. The normalized spacial score (nSPS) is 16.4. The van der Waals surface area contributed by atoms with E-state index in [1.54, 1.807) is 24.8 Å². The number of alkyl halides is 3. The van der Waals surface area contributed by atoms with Crippen LogP contribution in [-0.4, -0.2) is 45.6 Å². The van der Waals surface area contributed by atoms with Crippen LogP contribution in [-0.2, 0) is 32.4 Å². The SMILES string of the molecule is COc1ccc(CN(C[C@H]2CCCO2)C(=O)C(C)C)cc1OS(=O)(=O)c1cccc(C(F)(F)F)c1. The van der Waals surface area contributed by atoms with Crippen LogP contribution in [0.3, 0.4) is 0 Å². The zero-order valence-corrected chi connectivity index (χ0v) is 20.5. The number of nitrogens with zero attached hydrogens (tertiary/aromatic N) is 1. The molecule has 0 bridgehead atoms. The predicted molar refractivity (Wildman–Crippen MR) is 121 cm³/mol. The number of hydrogen-bond acceptors (Lipinski definition) is 6. The summed E-state index contributed by atoms with van der Waals surface area (Å²) in [4.78, 5) is 13.8. The first-order chi connectivity index (χ1) is 16.4. The van der Waals surface area contributed by atoms with Crippen molar-refractivity contribution in [2.45, 2.75) is 50.4 Å². The molecular formula is C24H28F3NO6S. The molecule has 3 rings (SSSR count). The lowest BCUT2D eigenvalue weighted by Crippen LogP contribution is -2.39. The molecule has 0 saturated carbocycles. The van der Waals surface area contributed by atoms with Gasteiger partial charge in [0.2, 0.25) is 5.91 Å². The summed E-state index contributed by atoms with van der Waals surface area (Å²) in [6.45, 7) is 4.77. The standard InChI is InChI=1S/C24H28F3NO6S/c1-16(2)23(29)28(15-19-7-5-11-33-19)14-17-9-10-21(32-3)22(12-17)34-35(30,31)20-8-4-6-18(13-20)24(25,26)27/h4,6,8-10,12-13,16,19H,5,7,11,14-15H2,1-3H3/t19-/m1/s1. The Hall–Kier alpha value is -2.79. The molecule has 0 aliphatic carbocycles. The summed E-state index contributed by atoms with van der Waals surface area (Å²) in [5.74, 6) is -0.469. The van der Waals surface area contributed by atoms with Crippen LogP contribution in [0.15, 0.2) is 47.4 Å². The molecule has 0 radical (unpaired) electrons. The third kappa shape index (κ3) is 6.88. The highest BCUT2D eigenvalue weighted by Gasteiger charge is 2.32. The highest BCUT2D eigenvalue weighted by atomic mass is 32.2. The highest BCUT2D eigenvalue weighted by molar-refractivity contribution is 7.87. The van der Waals surface area contributed by atoms with Crippen LogP contribution in [0.4, 0.5) is 13.2 Å². The van der Waals surface area contributed by atoms with E-state index in [4.69, 9.17) is 13.7 Å². The van der Waals surface area contributed by atoms with E-state index < -0.39 is 26.8 Å². The smallest absolute Gasteiger partial charge is 0.416 e. The fourth-order valence-corrected chi connectivity index (χ4v) is 4.71. The Bertz CT molecular complexity index is 1140. The Morgan fingerprint density at radius 1 is 1.17 bits per heavy atom. The van der Waals surface area contributed by atoms with Crippen molar-refractivity contribution in [1.29, 1.82) is 0 Å². The molecule has 11 heteroatoms. The summed E-state index contributed by atoms with van der Waals surface area (Å²) >= 11 is 0. The zero-order valence-electron chi connectivity index (χ0n) is 19.7. The molecule has 0 N–H and O–H groups in total. The first kappa shape index (κ1) is 26.8. The maximum absolute atomic E-state index is 13.0. The predicted octanol–water partition coefficient (Wildman–Crippen LogP) is 4.65. The minimum Gasteiger partial charge on any atom is -0.493 e. The number of carbonyl (C=O) groups excluding carboxylic acids is 1. The molecule has 1 aliphatic heterocycles. The number of methoxy groups -OCH3 is 1. The van der Waals surface area contributed by atoms with E-state index in [1.165, 1.54) is 19.2 Å². The first-order valence-corrected chi connectivity index (χ1v) is 12.5. The Morgan fingerprint density at radius 3 is 2.51 bits per heavy atom. The van der Waals surface area contributed by atoms with E-state index >= 15 is 0 Å². The molecule has 35 heavy (non-hydrogen) atoms. The Balaban J connectivity index is 1.88. The van der Waals surface area contributed by atoms with Gasteiger partial charge in [0.05, 0.1) is 18.8 Å². The van der Waals surface area contributed by atoms with Crippen molar-refractivity contribution < 1.29 is 40.0 Å². The van der Waals surface area contributed by atoms with Crippen LogP contribution in [0.5, 0.6) is 11.5 Å². The van der Waals surface area contributed by atoms with Crippen molar-refractivity contribution in [3.8, 4) is 11.5 Å². The average molecular weight is 516 g/mol. The Morgan fingerprint density at radius 2 is 1.91 bits per heavy atom. The fraction of sp³-hybridized carbons (Fsp3) is 0.458. The molecular weight excluding hydrogens is 487 g/mol. The molecule has 2 aromatic carbocycles. The third-order valence-electron chi connectivity index (χ3n) is 5.50. The molecule has 0 unspecified atom stereocenters. The minimum absolute atomic E-state index is 0.0742. The van der Waals surface area contributed by atoms with E-state index in [0.717, 1.165) is 31.0 Å². The number of rotatable bonds is 9. The van der Waals surface area contributed by atoms with Gasteiger partial charge in [-0.1, -0.05) is 26.0 Å². The fourth-order valence-electron chi connectivity index (χ4n) is 3.73. The summed E-state index contributed by atoms with van der Waals surface area (Å²) in [5.41, 5.74) is -0.549. The van der Waals surface area contributed by atoms with Crippen LogP contribution >= 0.6 is 0 Å². The van der Waals surface area contributed by atoms with Gasteiger partial charge in [-0.2, -0.15) is 21.6 Å². The number of hydrogen-bond donors (Lipinski definition) is 0. The van der Waals surface area contributed by atoms with E-state index in [0.29, 0.717) is 24.8 Å². The van der Waals surface area contributed by atoms with Gasteiger partial charge in [-0.3, -0.25) is 4.79 Å². The second-order valence-electron chi connectivity index (χ2n) is 8.56. The summed E-state index contributed by atoms with van der Waals surface area (Å²) in [7, 11) is -3.29. The summed E-state index contributed by atoms with van der Waals surface area (Å²) in [6, 6.07) is 7.85. The number of amides is 1. The second-order valence-corrected chi connectivity index (χ2v) is 10.1. The Labute approximate surface area is 202 Å². The molecule has 0 spiro atoms.